The number of fused-ring (bicyclic) bond motifs is 3. The summed E-state index contributed by atoms with van der Waals surface area (Å²) in [4.78, 5) is 13.9. The van der Waals surface area contributed by atoms with Crippen molar-refractivity contribution in [2.45, 2.75) is 62.6 Å². The van der Waals surface area contributed by atoms with Crippen molar-refractivity contribution in [3.05, 3.63) is 46.8 Å². The molecule has 3 saturated heterocycles. The van der Waals surface area contributed by atoms with Crippen LogP contribution in [0.15, 0.2) is 18.2 Å². The highest BCUT2D eigenvalue weighted by Crippen LogP contribution is 2.51. The third-order valence-electron chi connectivity index (χ3n) is 9.30. The van der Waals surface area contributed by atoms with Crippen LogP contribution >= 0.6 is 11.3 Å². The van der Waals surface area contributed by atoms with Gasteiger partial charge in [-0.2, -0.15) is 23.1 Å². The number of halogens is 6. The number of nitrogen functional groups attached to an aromatic ring is 1. The molecule has 7 rings (SSSR count). The lowest BCUT2D eigenvalue weighted by Gasteiger charge is -2.30. The maximum atomic E-state index is 16.8. The van der Waals surface area contributed by atoms with Crippen LogP contribution in [0.4, 0.5) is 37.0 Å². The van der Waals surface area contributed by atoms with Gasteiger partial charge in [-0.25, -0.2) is 18.0 Å². The van der Waals surface area contributed by atoms with Crippen LogP contribution in [-0.4, -0.2) is 65.0 Å². The van der Waals surface area contributed by atoms with Gasteiger partial charge in [0, 0.05) is 30.0 Å². The largest absolute Gasteiger partial charge is 0.472 e. The van der Waals surface area contributed by atoms with Gasteiger partial charge in [-0.1, -0.05) is 6.07 Å². The number of ether oxygens (including phenoxy) is 2. The first-order valence-corrected chi connectivity index (χ1v) is 15.6. The second kappa shape index (κ2) is 11.1. The predicted molar refractivity (Wildman–Crippen MR) is 161 cm³/mol. The maximum Gasteiger partial charge on any atom is 0.417 e. The number of hydrogen-bond donors (Lipinski definition) is 2. The highest BCUT2D eigenvalue weighted by Gasteiger charge is 2.49. The fourth-order valence-electron chi connectivity index (χ4n) is 7.10. The molecule has 0 bridgehead atoms. The van der Waals surface area contributed by atoms with Gasteiger partial charge in [0.1, 0.15) is 30.2 Å². The normalized spacial score (nSPS) is 25.0. The molecule has 0 aliphatic carbocycles. The molecule has 3 aliphatic rings. The van der Waals surface area contributed by atoms with Gasteiger partial charge in [0.25, 0.3) is 0 Å². The molecule has 5 heterocycles. The van der Waals surface area contributed by atoms with Crippen LogP contribution in [0.1, 0.15) is 38.2 Å². The van der Waals surface area contributed by atoms with Crippen LogP contribution in [0.2, 0.25) is 0 Å². The SMILES string of the molecule is [C-]#[N+]c1c(N)sc2c(F)ccc(-c3c(C(F)(F)F)cc4c(OC5CCNC5C)nc(OCC56CCCN5CC(F)C6)nc4c3F)c12. The number of rotatable bonds is 6. The number of thiophene rings is 1. The topological polar surface area (TPSA) is 89.9 Å². The van der Waals surface area contributed by atoms with E-state index in [1.807, 2.05) is 11.8 Å². The molecule has 2 aromatic carbocycles. The van der Waals surface area contributed by atoms with E-state index in [0.29, 0.717) is 43.3 Å². The minimum absolute atomic E-state index is 0.00397. The second-order valence-corrected chi connectivity index (χ2v) is 13.1. The first kappa shape index (κ1) is 30.8. The maximum absolute atomic E-state index is 16.8. The average molecular weight is 663 g/mol. The molecule has 3 N–H and O–H groups in total. The van der Waals surface area contributed by atoms with Crippen LogP contribution in [0.25, 0.3) is 37.0 Å². The Kier molecular flexibility index (Phi) is 7.45. The summed E-state index contributed by atoms with van der Waals surface area (Å²) in [6.45, 7) is 11.0. The minimum Gasteiger partial charge on any atom is -0.472 e. The van der Waals surface area contributed by atoms with Gasteiger partial charge < -0.3 is 20.5 Å². The summed E-state index contributed by atoms with van der Waals surface area (Å²) in [7, 11) is 0. The van der Waals surface area contributed by atoms with Crippen molar-refractivity contribution in [3.63, 3.8) is 0 Å². The predicted octanol–water partition coefficient (Wildman–Crippen LogP) is 7.03. The Morgan fingerprint density at radius 2 is 2.07 bits per heavy atom. The number of aromatic nitrogens is 2. The average Bonchev–Trinajstić information content (AvgIpc) is 3.74. The standard InChI is InChI=1S/C31H28F6N6O2S/c1-14-20(6-8-40-14)45-28-17-10-18(31(35,36)37)21(16-4-5-19(33)26-22(16)25(39-2)27(38)46-26)23(34)24(17)41-29(42-28)44-13-30-7-3-9-43(30)12-15(32)11-30/h4-5,10,14-15,20,40H,3,6-9,11-13,38H2,1H3. The van der Waals surface area contributed by atoms with Crippen LogP contribution in [0.5, 0.6) is 11.9 Å². The molecule has 2 aromatic heterocycles. The first-order chi connectivity index (χ1) is 21.9. The van der Waals surface area contributed by atoms with E-state index in [2.05, 4.69) is 20.1 Å². The van der Waals surface area contributed by atoms with Gasteiger partial charge in [-0.05, 0) is 57.0 Å². The van der Waals surface area contributed by atoms with Crippen molar-refractivity contribution in [1.82, 2.24) is 20.2 Å². The zero-order chi connectivity index (χ0) is 32.5. The molecule has 3 aliphatic heterocycles. The lowest BCUT2D eigenvalue weighted by Crippen LogP contribution is -2.43. The molecule has 242 valence electrons. The van der Waals surface area contributed by atoms with Crippen LogP contribution in [0.3, 0.4) is 0 Å². The number of benzene rings is 2. The summed E-state index contributed by atoms with van der Waals surface area (Å²) in [6, 6.07) is 2.12. The summed E-state index contributed by atoms with van der Waals surface area (Å²) in [6.07, 6.45) is -4.31. The van der Waals surface area contributed by atoms with E-state index in [4.69, 9.17) is 21.8 Å². The van der Waals surface area contributed by atoms with E-state index in [1.165, 1.54) is 0 Å². The number of nitrogens with zero attached hydrogens (tertiary/aromatic N) is 4. The van der Waals surface area contributed by atoms with Crippen LogP contribution in [0, 0.1) is 18.2 Å². The third kappa shape index (κ3) is 4.98. The van der Waals surface area contributed by atoms with Crippen molar-refractivity contribution in [3.8, 4) is 23.0 Å². The van der Waals surface area contributed by atoms with Gasteiger partial charge in [0.05, 0.1) is 32.8 Å². The number of nitrogens with one attached hydrogen (secondary N) is 1. The minimum atomic E-state index is -5.09. The Hall–Kier alpha value is -3.87. The molecule has 4 atom stereocenters. The molecule has 15 heteroatoms. The van der Waals surface area contributed by atoms with E-state index >= 15 is 4.39 Å². The summed E-state index contributed by atoms with van der Waals surface area (Å²) in [5, 5.41) is 2.53. The summed E-state index contributed by atoms with van der Waals surface area (Å²) >= 11 is 0.693. The lowest BCUT2D eigenvalue weighted by atomic mass is 9.93. The van der Waals surface area contributed by atoms with E-state index < -0.39 is 52.3 Å². The third-order valence-corrected chi connectivity index (χ3v) is 10.3. The number of anilines is 1. The van der Waals surface area contributed by atoms with E-state index in [-0.39, 0.29) is 69.2 Å². The Bertz CT molecular complexity index is 1910. The molecule has 4 aromatic rings. The molecule has 0 saturated carbocycles. The van der Waals surface area contributed by atoms with Crippen molar-refractivity contribution < 1.29 is 35.8 Å². The molecule has 0 amide bonds. The fourth-order valence-corrected chi connectivity index (χ4v) is 8.04. The highest BCUT2D eigenvalue weighted by molar-refractivity contribution is 7.23. The summed E-state index contributed by atoms with van der Waals surface area (Å²) in [5.74, 6) is -2.48. The van der Waals surface area contributed by atoms with Gasteiger partial charge in [0.2, 0.25) is 11.6 Å². The Morgan fingerprint density at radius 3 is 2.78 bits per heavy atom. The quantitative estimate of drug-likeness (QED) is 0.169. The fraction of sp³-hybridized carbons (Fsp3) is 0.452. The van der Waals surface area contributed by atoms with Crippen molar-refractivity contribution >= 4 is 43.0 Å². The molecule has 0 spiro atoms. The summed E-state index contributed by atoms with van der Waals surface area (Å²) in [5.41, 5.74) is 1.88. The van der Waals surface area contributed by atoms with Crippen LogP contribution < -0.4 is 20.5 Å². The Labute approximate surface area is 263 Å². The van der Waals surface area contributed by atoms with Gasteiger partial charge >= 0.3 is 12.2 Å². The second-order valence-electron chi connectivity index (χ2n) is 12.1. The first-order valence-electron chi connectivity index (χ1n) is 14.8. The van der Waals surface area contributed by atoms with Gasteiger partial charge in [-0.3, -0.25) is 4.90 Å². The highest BCUT2D eigenvalue weighted by atomic mass is 32.1. The number of hydrogen-bond acceptors (Lipinski definition) is 8. The molecule has 46 heavy (non-hydrogen) atoms. The molecular weight excluding hydrogens is 634 g/mol. The smallest absolute Gasteiger partial charge is 0.417 e. The molecule has 0 radical (unpaired) electrons. The number of alkyl halides is 4. The molecule has 4 unspecified atom stereocenters. The van der Waals surface area contributed by atoms with E-state index in [0.717, 1.165) is 18.6 Å². The zero-order valence-electron chi connectivity index (χ0n) is 24.5. The monoisotopic (exact) mass is 662 g/mol. The zero-order valence-corrected chi connectivity index (χ0v) is 25.3. The van der Waals surface area contributed by atoms with Crippen molar-refractivity contribution in [2.75, 3.05) is 32.0 Å². The number of nitrogens with two attached hydrogens (primary N) is 1. The lowest BCUT2D eigenvalue weighted by molar-refractivity contribution is -0.137. The molecule has 8 nitrogen and oxygen atoms in total. The molecule has 3 fully saturated rings. The van der Waals surface area contributed by atoms with Crippen LogP contribution in [-0.2, 0) is 6.18 Å². The van der Waals surface area contributed by atoms with Crippen molar-refractivity contribution in [1.29, 1.82) is 0 Å². The van der Waals surface area contributed by atoms with E-state index in [9.17, 15) is 22.0 Å². The Balaban J connectivity index is 1.44. The Morgan fingerprint density at radius 1 is 1.26 bits per heavy atom. The summed E-state index contributed by atoms with van der Waals surface area (Å²) < 4.78 is 102. The van der Waals surface area contributed by atoms with Gasteiger partial charge in [-0.15, -0.1) is 11.3 Å². The van der Waals surface area contributed by atoms with Crippen molar-refractivity contribution in [2.24, 2.45) is 0 Å². The van der Waals surface area contributed by atoms with Gasteiger partial charge in [0.15, 0.2) is 5.82 Å². The molecular formula is C31H28F6N6O2S. The van der Waals surface area contributed by atoms with E-state index in [1.54, 1.807) is 0 Å².